The van der Waals surface area contributed by atoms with E-state index in [1.165, 1.54) is 35.5 Å². The lowest BCUT2D eigenvalue weighted by Gasteiger charge is -2.07. The minimum atomic E-state index is -0.434. The Hall–Kier alpha value is -2.89. The molecule has 1 amide bonds. The number of aryl methyl sites for hydroxylation is 3. The number of hydrogen-bond donors (Lipinski definition) is 1. The summed E-state index contributed by atoms with van der Waals surface area (Å²) in [5.74, 6) is -0.300. The number of hydrogen-bond acceptors (Lipinski definition) is 3. The van der Waals surface area contributed by atoms with E-state index in [0.29, 0.717) is 6.54 Å². The van der Waals surface area contributed by atoms with Crippen LogP contribution in [0.1, 0.15) is 22.3 Å². The van der Waals surface area contributed by atoms with Crippen LogP contribution in [0.5, 0.6) is 0 Å². The molecular weight excluding hydrogens is 306 g/mol. The highest BCUT2D eigenvalue weighted by molar-refractivity contribution is 5.91. The van der Waals surface area contributed by atoms with E-state index in [2.05, 4.69) is 11.4 Å². The maximum atomic E-state index is 12.0. The fourth-order valence-electron chi connectivity index (χ4n) is 2.40. The Balaban J connectivity index is 2.09. The van der Waals surface area contributed by atoms with Crippen LogP contribution in [-0.2, 0) is 25.4 Å². The van der Waals surface area contributed by atoms with E-state index >= 15 is 0 Å². The predicted octanol–water partition coefficient (Wildman–Crippen LogP) is 1.03. The Bertz CT molecular complexity index is 920. The predicted molar refractivity (Wildman–Crippen MR) is 93.7 cm³/mol. The second kappa shape index (κ2) is 7.12. The van der Waals surface area contributed by atoms with Crippen LogP contribution in [0.25, 0.3) is 6.08 Å². The van der Waals surface area contributed by atoms with E-state index in [0.717, 1.165) is 15.7 Å². The summed E-state index contributed by atoms with van der Waals surface area (Å²) in [6.07, 6.45) is 4.13. The maximum Gasteiger partial charge on any atom is 0.330 e. The zero-order valence-corrected chi connectivity index (χ0v) is 14.3. The van der Waals surface area contributed by atoms with Gasteiger partial charge in [-0.15, -0.1) is 0 Å². The molecule has 6 nitrogen and oxygen atoms in total. The summed E-state index contributed by atoms with van der Waals surface area (Å²) in [5.41, 5.74) is 2.77. The van der Waals surface area contributed by atoms with Gasteiger partial charge in [-0.3, -0.25) is 14.2 Å². The smallest absolute Gasteiger partial charge is 0.330 e. The molecule has 0 bridgehead atoms. The summed E-state index contributed by atoms with van der Waals surface area (Å²) >= 11 is 0. The first-order valence-electron chi connectivity index (χ1n) is 7.58. The van der Waals surface area contributed by atoms with Crippen molar-refractivity contribution in [1.29, 1.82) is 0 Å². The zero-order valence-electron chi connectivity index (χ0n) is 14.3. The molecule has 0 saturated carbocycles. The summed E-state index contributed by atoms with van der Waals surface area (Å²) in [7, 11) is 2.96. The molecule has 1 aromatic carbocycles. The third kappa shape index (κ3) is 3.90. The Morgan fingerprint density at radius 3 is 2.58 bits per heavy atom. The average molecular weight is 327 g/mol. The average Bonchev–Trinajstić information content (AvgIpc) is 2.54. The Kier molecular flexibility index (Phi) is 5.18. The van der Waals surface area contributed by atoms with Crippen LogP contribution in [0.4, 0.5) is 0 Å². The molecule has 6 heteroatoms. The van der Waals surface area contributed by atoms with Gasteiger partial charge in [0.1, 0.15) is 0 Å². The number of benzene rings is 1. The molecule has 126 valence electrons. The highest BCUT2D eigenvalue weighted by atomic mass is 16.2. The number of aromatic nitrogens is 2. The summed E-state index contributed by atoms with van der Waals surface area (Å²) in [5, 5.41) is 2.79. The SMILES string of the molecule is Cc1ccc(CNC(=O)/C=C/c2cn(C)c(=O)n(C)c2=O)c(C)c1. The lowest BCUT2D eigenvalue weighted by atomic mass is 10.1. The Morgan fingerprint density at radius 2 is 1.92 bits per heavy atom. The number of rotatable bonds is 4. The number of amides is 1. The first-order chi connectivity index (χ1) is 11.3. The van der Waals surface area contributed by atoms with Gasteiger partial charge in [-0.25, -0.2) is 4.79 Å². The first-order valence-corrected chi connectivity index (χ1v) is 7.58. The van der Waals surface area contributed by atoms with Crippen LogP contribution < -0.4 is 16.6 Å². The molecule has 2 aromatic rings. The van der Waals surface area contributed by atoms with Gasteiger partial charge in [-0.1, -0.05) is 23.8 Å². The fourth-order valence-corrected chi connectivity index (χ4v) is 2.40. The second-order valence-electron chi connectivity index (χ2n) is 5.82. The van der Waals surface area contributed by atoms with E-state index in [4.69, 9.17) is 0 Å². The van der Waals surface area contributed by atoms with Gasteiger partial charge in [0.25, 0.3) is 5.56 Å². The quantitative estimate of drug-likeness (QED) is 0.853. The summed E-state index contributed by atoms with van der Waals surface area (Å²) in [4.78, 5) is 35.5. The van der Waals surface area contributed by atoms with Crippen molar-refractivity contribution in [3.05, 3.63) is 73.6 Å². The van der Waals surface area contributed by atoms with Gasteiger partial charge in [-0.05, 0) is 31.1 Å². The van der Waals surface area contributed by atoms with Crippen LogP contribution in [0.2, 0.25) is 0 Å². The summed E-state index contributed by atoms with van der Waals surface area (Å²) in [6, 6.07) is 6.04. The molecule has 1 N–H and O–H groups in total. The van der Waals surface area contributed by atoms with Gasteiger partial charge in [0.05, 0.1) is 5.56 Å². The monoisotopic (exact) mass is 327 g/mol. The Morgan fingerprint density at radius 1 is 1.21 bits per heavy atom. The first kappa shape index (κ1) is 17.5. The Labute approximate surface area is 140 Å². The van der Waals surface area contributed by atoms with E-state index in [1.54, 1.807) is 7.05 Å². The van der Waals surface area contributed by atoms with Crippen molar-refractivity contribution in [2.75, 3.05) is 0 Å². The fraction of sp³-hybridized carbons (Fsp3) is 0.278. The van der Waals surface area contributed by atoms with Crippen molar-refractivity contribution in [1.82, 2.24) is 14.5 Å². The van der Waals surface area contributed by atoms with Gasteiger partial charge in [0.2, 0.25) is 5.91 Å². The number of carbonyl (C=O) groups is 1. The van der Waals surface area contributed by atoms with Crippen molar-refractivity contribution in [3.8, 4) is 0 Å². The topological polar surface area (TPSA) is 73.1 Å². The number of nitrogens with zero attached hydrogens (tertiary/aromatic N) is 2. The highest BCUT2D eigenvalue weighted by Gasteiger charge is 2.05. The molecule has 0 aliphatic rings. The normalized spacial score (nSPS) is 11.0. The minimum Gasteiger partial charge on any atom is -0.348 e. The maximum absolute atomic E-state index is 12.0. The molecule has 0 spiro atoms. The van der Waals surface area contributed by atoms with Gasteiger partial charge < -0.3 is 9.88 Å². The number of nitrogens with one attached hydrogen (secondary N) is 1. The van der Waals surface area contributed by atoms with E-state index in [9.17, 15) is 14.4 Å². The van der Waals surface area contributed by atoms with Crippen molar-refractivity contribution in [3.63, 3.8) is 0 Å². The van der Waals surface area contributed by atoms with Gasteiger partial charge >= 0.3 is 5.69 Å². The molecule has 1 aromatic heterocycles. The molecule has 0 radical (unpaired) electrons. The molecule has 0 fully saturated rings. The molecular formula is C18H21N3O3. The van der Waals surface area contributed by atoms with Crippen LogP contribution >= 0.6 is 0 Å². The van der Waals surface area contributed by atoms with E-state index in [-0.39, 0.29) is 11.5 Å². The van der Waals surface area contributed by atoms with E-state index in [1.807, 2.05) is 26.0 Å². The standard InChI is InChI=1S/C18H21N3O3/c1-12-5-6-14(13(2)9-12)10-19-16(22)8-7-15-11-20(3)18(24)21(4)17(15)23/h5-9,11H,10H2,1-4H3,(H,19,22)/b8-7+. The van der Waals surface area contributed by atoms with Crippen LogP contribution in [0, 0.1) is 13.8 Å². The molecule has 0 aliphatic carbocycles. The number of carbonyl (C=O) groups excluding carboxylic acids is 1. The lowest BCUT2D eigenvalue weighted by molar-refractivity contribution is -0.116. The van der Waals surface area contributed by atoms with Crippen LogP contribution in [0.15, 0.2) is 40.1 Å². The van der Waals surface area contributed by atoms with Gasteiger partial charge in [-0.2, -0.15) is 0 Å². The summed E-state index contributed by atoms with van der Waals surface area (Å²) in [6.45, 7) is 4.44. The third-order valence-corrected chi connectivity index (χ3v) is 3.84. The van der Waals surface area contributed by atoms with Gasteiger partial charge in [0.15, 0.2) is 0 Å². The minimum absolute atomic E-state index is 0.279. The van der Waals surface area contributed by atoms with Crippen LogP contribution in [0.3, 0.4) is 0 Å². The third-order valence-electron chi connectivity index (χ3n) is 3.84. The van der Waals surface area contributed by atoms with Crippen molar-refractivity contribution >= 4 is 12.0 Å². The highest BCUT2D eigenvalue weighted by Crippen LogP contribution is 2.10. The zero-order chi connectivity index (χ0) is 17.9. The van der Waals surface area contributed by atoms with Gasteiger partial charge in [0, 0.05) is 32.9 Å². The lowest BCUT2D eigenvalue weighted by Crippen LogP contribution is -2.37. The molecule has 0 saturated heterocycles. The van der Waals surface area contributed by atoms with Crippen molar-refractivity contribution in [2.45, 2.75) is 20.4 Å². The molecule has 0 unspecified atom stereocenters. The van der Waals surface area contributed by atoms with Crippen molar-refractivity contribution < 1.29 is 4.79 Å². The molecule has 2 rings (SSSR count). The largest absolute Gasteiger partial charge is 0.348 e. The molecule has 0 atom stereocenters. The molecule has 1 heterocycles. The molecule has 0 aliphatic heterocycles. The van der Waals surface area contributed by atoms with Crippen molar-refractivity contribution in [2.24, 2.45) is 14.1 Å². The van der Waals surface area contributed by atoms with Crippen LogP contribution in [-0.4, -0.2) is 15.0 Å². The summed E-state index contributed by atoms with van der Waals surface area (Å²) < 4.78 is 2.31. The van der Waals surface area contributed by atoms with E-state index < -0.39 is 11.2 Å². The molecule has 24 heavy (non-hydrogen) atoms. The second-order valence-corrected chi connectivity index (χ2v) is 5.82.